The fourth-order valence-corrected chi connectivity index (χ4v) is 5.99. The van der Waals surface area contributed by atoms with Gasteiger partial charge in [-0.25, -0.2) is 29.5 Å². The van der Waals surface area contributed by atoms with Gasteiger partial charge in [0.25, 0.3) is 23.6 Å². The van der Waals surface area contributed by atoms with Crippen LogP contribution in [0.25, 0.3) is 0 Å². The highest BCUT2D eigenvalue weighted by atomic mass is 16.5. The molecule has 0 radical (unpaired) electrons. The van der Waals surface area contributed by atoms with Crippen LogP contribution in [0.1, 0.15) is 104 Å². The van der Waals surface area contributed by atoms with Crippen molar-refractivity contribution in [3.63, 3.8) is 0 Å². The van der Waals surface area contributed by atoms with Gasteiger partial charge in [0.1, 0.15) is 59.4 Å². The van der Waals surface area contributed by atoms with E-state index >= 15 is 0 Å². The fraction of sp³-hybridized carbons (Fsp3) is 0.381. The third kappa shape index (κ3) is 17.6. The number of ether oxygens (including phenoxy) is 3. The van der Waals surface area contributed by atoms with Crippen molar-refractivity contribution in [2.24, 2.45) is 0 Å². The molecule has 0 saturated heterocycles. The standard InChI is InChI=1S/C42H52N10O11/c1-61-29-13-9-11-27(19-29)23-45-39(55)33-21-31(47-25-49-33)37(53)43-17-7-3-5-15-35(51-41(57)58)63-36(52-42(59)60)16-6-4-8-18-44-38(54)32-22-34(50-26-48-32)40(56)46-24-28-12-10-14-30(20-28)62-2/h9-14,19-22,25-26,35-36,51-52H,3-8,15-18,23-24H2,1-2H3,(H,43,53)(H,44,54)(H,45,55)(H,46,56)(H,57,58)(H,59,60). The first-order valence-corrected chi connectivity index (χ1v) is 20.1. The van der Waals surface area contributed by atoms with E-state index in [4.69, 9.17) is 14.2 Å². The number of carbonyl (C=O) groups excluding carboxylic acids is 4. The molecule has 336 valence electrons. The number of nitrogens with one attached hydrogen (secondary N) is 6. The van der Waals surface area contributed by atoms with Crippen molar-refractivity contribution >= 4 is 35.8 Å². The Kier molecular flexibility index (Phi) is 19.9. The average molecular weight is 873 g/mol. The number of nitrogens with zero attached hydrogens (tertiary/aromatic N) is 4. The maximum Gasteiger partial charge on any atom is 0.406 e. The number of unbranched alkanes of at least 4 members (excludes halogenated alkanes) is 4. The van der Waals surface area contributed by atoms with Crippen LogP contribution >= 0.6 is 0 Å². The maximum atomic E-state index is 12.7. The number of hydrogen-bond donors (Lipinski definition) is 8. The van der Waals surface area contributed by atoms with Crippen molar-refractivity contribution in [1.82, 2.24) is 51.8 Å². The van der Waals surface area contributed by atoms with Crippen molar-refractivity contribution in [2.45, 2.75) is 76.9 Å². The van der Waals surface area contributed by atoms with Gasteiger partial charge in [0.05, 0.1) is 14.2 Å². The molecule has 0 aliphatic carbocycles. The molecule has 2 unspecified atom stereocenters. The summed E-state index contributed by atoms with van der Waals surface area (Å²) in [5.74, 6) is -0.657. The molecule has 0 bridgehead atoms. The van der Waals surface area contributed by atoms with Crippen molar-refractivity contribution in [1.29, 1.82) is 0 Å². The molecule has 8 N–H and O–H groups in total. The van der Waals surface area contributed by atoms with Gasteiger partial charge in [0.2, 0.25) is 0 Å². The van der Waals surface area contributed by atoms with E-state index in [1.54, 1.807) is 50.6 Å². The number of methoxy groups -OCH3 is 2. The van der Waals surface area contributed by atoms with E-state index in [0.29, 0.717) is 50.0 Å². The van der Waals surface area contributed by atoms with Gasteiger partial charge in [-0.3, -0.25) is 29.8 Å². The molecule has 63 heavy (non-hydrogen) atoms. The predicted octanol–water partition coefficient (Wildman–Crippen LogP) is 3.63. The molecule has 4 rings (SSSR count). The van der Waals surface area contributed by atoms with Gasteiger partial charge in [-0.1, -0.05) is 37.1 Å². The minimum absolute atomic E-state index is 0.0122. The van der Waals surface area contributed by atoms with Crippen LogP contribution in [0, 0.1) is 0 Å². The van der Waals surface area contributed by atoms with Crippen LogP contribution in [0.15, 0.2) is 73.3 Å². The fourth-order valence-electron chi connectivity index (χ4n) is 5.99. The van der Waals surface area contributed by atoms with E-state index in [0.717, 1.165) is 23.8 Å². The lowest BCUT2D eigenvalue weighted by atomic mass is 10.1. The molecule has 0 aliphatic rings. The molecule has 21 nitrogen and oxygen atoms in total. The Morgan fingerprint density at radius 2 is 0.905 bits per heavy atom. The van der Waals surface area contributed by atoms with Gasteiger partial charge < -0.3 is 45.7 Å². The molecule has 0 saturated carbocycles. The topological polar surface area (TPSA) is 294 Å². The summed E-state index contributed by atoms with van der Waals surface area (Å²) >= 11 is 0. The van der Waals surface area contributed by atoms with E-state index in [9.17, 15) is 39.0 Å². The molecule has 0 aliphatic heterocycles. The number of aromatic nitrogens is 4. The molecule has 4 aromatic rings. The van der Waals surface area contributed by atoms with E-state index in [2.05, 4.69) is 51.8 Å². The van der Waals surface area contributed by atoms with Crippen LogP contribution in [0.5, 0.6) is 11.5 Å². The minimum atomic E-state index is -1.35. The Labute approximate surface area is 363 Å². The van der Waals surface area contributed by atoms with Gasteiger partial charge in [0.15, 0.2) is 0 Å². The summed E-state index contributed by atoms with van der Waals surface area (Å²) in [7, 11) is 3.10. The molecule has 21 heteroatoms. The third-order valence-electron chi connectivity index (χ3n) is 9.19. The van der Waals surface area contributed by atoms with Gasteiger partial charge in [-0.05, 0) is 73.9 Å². The van der Waals surface area contributed by atoms with Gasteiger partial charge in [-0.2, -0.15) is 0 Å². The van der Waals surface area contributed by atoms with Crippen LogP contribution in [0.3, 0.4) is 0 Å². The lowest BCUT2D eigenvalue weighted by Gasteiger charge is -2.25. The largest absolute Gasteiger partial charge is 0.497 e. The van der Waals surface area contributed by atoms with Crippen molar-refractivity contribution < 1.29 is 53.2 Å². The summed E-state index contributed by atoms with van der Waals surface area (Å²) in [6.07, 6.45) is 1.11. The van der Waals surface area contributed by atoms with Crippen molar-refractivity contribution in [3.05, 3.63) is 107 Å². The van der Waals surface area contributed by atoms with Crippen LogP contribution in [0.4, 0.5) is 9.59 Å². The zero-order chi connectivity index (χ0) is 45.4. The molecule has 0 fully saturated rings. The Bertz CT molecular complexity index is 2010. The SMILES string of the molecule is COc1cccc(CNC(=O)c2cc(C(=O)NCCCCCC(NC(=O)O)OC(CCCCCNC(=O)c3cc(C(=O)NCc4cccc(OC)c4)ncn3)NC(=O)O)ncn2)c1. The van der Waals surface area contributed by atoms with E-state index < -0.39 is 48.3 Å². The van der Waals surface area contributed by atoms with Gasteiger partial charge in [0, 0.05) is 38.3 Å². The van der Waals surface area contributed by atoms with Crippen molar-refractivity contribution in [2.75, 3.05) is 27.3 Å². The molecule has 2 atom stereocenters. The van der Waals surface area contributed by atoms with Crippen LogP contribution in [-0.4, -0.2) is 106 Å². The first-order valence-electron chi connectivity index (χ1n) is 20.1. The lowest BCUT2D eigenvalue weighted by molar-refractivity contribution is -0.0488. The number of benzene rings is 2. The number of carbonyl (C=O) groups is 6. The molecule has 2 heterocycles. The van der Waals surface area contributed by atoms with Crippen LogP contribution < -0.4 is 41.4 Å². The second-order valence-corrected chi connectivity index (χ2v) is 13.9. The number of hydrogen-bond acceptors (Lipinski definition) is 13. The first-order chi connectivity index (χ1) is 30.4. The smallest absolute Gasteiger partial charge is 0.406 e. The second kappa shape index (κ2) is 26.0. The normalized spacial score (nSPS) is 11.6. The Hall–Kier alpha value is -7.42. The molecule has 2 aromatic heterocycles. The van der Waals surface area contributed by atoms with E-state index in [1.807, 2.05) is 12.1 Å². The lowest BCUT2D eigenvalue weighted by Crippen LogP contribution is -2.44. The average Bonchev–Trinajstić information content (AvgIpc) is 3.29. The van der Waals surface area contributed by atoms with Crippen molar-refractivity contribution in [3.8, 4) is 11.5 Å². The summed E-state index contributed by atoms with van der Waals surface area (Å²) in [6.45, 7) is 0.986. The molecule has 2 aromatic carbocycles. The van der Waals surface area contributed by atoms with Crippen LogP contribution in [0.2, 0.25) is 0 Å². The Balaban J connectivity index is 1.13. The molecular weight excluding hydrogens is 821 g/mol. The van der Waals surface area contributed by atoms with E-state index in [1.165, 1.54) is 12.1 Å². The molecule has 6 amide bonds. The summed E-state index contributed by atoms with van der Waals surface area (Å²) in [4.78, 5) is 89.7. The number of carboxylic acid groups (broad SMARTS) is 2. The summed E-state index contributed by atoms with van der Waals surface area (Å²) in [6, 6.07) is 17.0. The molecule has 0 spiro atoms. The predicted molar refractivity (Wildman–Crippen MR) is 225 cm³/mol. The van der Waals surface area contributed by atoms with Crippen LogP contribution in [-0.2, 0) is 17.8 Å². The third-order valence-corrected chi connectivity index (χ3v) is 9.19. The highest BCUT2D eigenvalue weighted by molar-refractivity contribution is 5.98. The summed E-state index contributed by atoms with van der Waals surface area (Å²) in [5.41, 5.74) is 1.71. The number of rotatable bonds is 26. The summed E-state index contributed by atoms with van der Waals surface area (Å²) in [5, 5.41) is 34.3. The zero-order valence-corrected chi connectivity index (χ0v) is 34.9. The zero-order valence-electron chi connectivity index (χ0n) is 34.9. The quantitative estimate of drug-likeness (QED) is 0.0330. The van der Waals surface area contributed by atoms with Gasteiger partial charge in [-0.15, -0.1) is 0 Å². The highest BCUT2D eigenvalue weighted by Crippen LogP contribution is 2.15. The van der Waals surface area contributed by atoms with Gasteiger partial charge >= 0.3 is 12.2 Å². The first kappa shape index (κ1) is 48.2. The highest BCUT2D eigenvalue weighted by Gasteiger charge is 2.20. The minimum Gasteiger partial charge on any atom is -0.497 e. The maximum absolute atomic E-state index is 12.7. The van der Waals surface area contributed by atoms with E-state index in [-0.39, 0.29) is 61.8 Å². The second-order valence-electron chi connectivity index (χ2n) is 13.9. The monoisotopic (exact) mass is 872 g/mol. The Morgan fingerprint density at radius 1 is 0.524 bits per heavy atom. The summed E-state index contributed by atoms with van der Waals surface area (Å²) < 4.78 is 16.2. The number of amides is 6. The molecular formula is C42H52N10O11. The Morgan fingerprint density at radius 3 is 1.27 bits per heavy atom.